The first-order chi connectivity index (χ1) is 18.0. The maximum Gasteiger partial charge on any atom is 0.322 e. The second-order valence-corrected chi connectivity index (χ2v) is 10.8. The lowest BCUT2D eigenvalue weighted by molar-refractivity contribution is 0.102. The van der Waals surface area contributed by atoms with E-state index in [4.69, 9.17) is 10.7 Å². The van der Waals surface area contributed by atoms with E-state index >= 15 is 0 Å². The average Bonchev–Trinajstić information content (AvgIpc) is 3.55. The van der Waals surface area contributed by atoms with Crippen molar-refractivity contribution >= 4 is 39.8 Å². The van der Waals surface area contributed by atoms with Gasteiger partial charge in [-0.25, -0.2) is 9.78 Å². The molecule has 2 atom stereocenters. The molecule has 0 unspecified atom stereocenters. The van der Waals surface area contributed by atoms with Crippen LogP contribution < -0.4 is 21.7 Å². The number of aryl methyl sites for hydroxylation is 1. The molecule has 2 aliphatic rings. The summed E-state index contributed by atoms with van der Waals surface area (Å²) >= 11 is 1.58. The summed E-state index contributed by atoms with van der Waals surface area (Å²) in [5, 5.41) is 10.2. The molecule has 1 saturated heterocycles. The summed E-state index contributed by atoms with van der Waals surface area (Å²) in [6.07, 6.45) is 5.87. The minimum Gasteiger partial charge on any atom is -0.399 e. The molecule has 5 N–H and O–H groups in total. The summed E-state index contributed by atoms with van der Waals surface area (Å²) in [5.74, 6) is -0.176. The number of carbonyl (C=O) groups is 2. The number of hydrogen-bond acceptors (Lipinski definition) is 6. The molecular weight excluding hydrogens is 484 g/mol. The summed E-state index contributed by atoms with van der Waals surface area (Å²) in [6.45, 7) is 3.87. The Morgan fingerprint density at radius 2 is 1.97 bits per heavy atom. The Hall–Kier alpha value is -3.43. The molecule has 1 aliphatic carbocycles. The van der Waals surface area contributed by atoms with E-state index in [1.165, 1.54) is 4.88 Å². The van der Waals surface area contributed by atoms with Gasteiger partial charge in [0, 0.05) is 34.4 Å². The highest BCUT2D eigenvalue weighted by Gasteiger charge is 2.30. The highest BCUT2D eigenvalue weighted by Crippen LogP contribution is 2.34. The molecule has 0 bridgehead atoms. The summed E-state index contributed by atoms with van der Waals surface area (Å²) in [4.78, 5) is 33.9. The first-order valence-corrected chi connectivity index (χ1v) is 13.9. The van der Waals surface area contributed by atoms with Crippen molar-refractivity contribution in [3.05, 3.63) is 70.2 Å². The first-order valence-electron chi connectivity index (χ1n) is 13.1. The smallest absolute Gasteiger partial charge is 0.322 e. The molecule has 9 heteroatoms. The van der Waals surface area contributed by atoms with Crippen LogP contribution in [0.4, 0.5) is 21.3 Å². The molecule has 2 heterocycles. The number of thiazole rings is 1. The zero-order valence-corrected chi connectivity index (χ0v) is 21.9. The van der Waals surface area contributed by atoms with Crippen molar-refractivity contribution in [2.24, 2.45) is 0 Å². The summed E-state index contributed by atoms with van der Waals surface area (Å²) < 4.78 is 0. The molecule has 0 spiro atoms. The van der Waals surface area contributed by atoms with Crippen LogP contribution in [0.1, 0.15) is 65.1 Å². The van der Waals surface area contributed by atoms with Crippen molar-refractivity contribution in [2.45, 2.75) is 57.5 Å². The summed E-state index contributed by atoms with van der Waals surface area (Å²) in [6, 6.07) is 14.9. The number of hydrogen-bond donors (Lipinski definition) is 4. The van der Waals surface area contributed by atoms with Gasteiger partial charge >= 0.3 is 6.03 Å². The van der Waals surface area contributed by atoms with Crippen LogP contribution in [0.25, 0.3) is 0 Å². The molecule has 37 heavy (non-hydrogen) atoms. The number of nitrogens with zero attached hydrogens (tertiary/aromatic N) is 2. The fraction of sp³-hybridized carbons (Fsp3) is 0.393. The van der Waals surface area contributed by atoms with Crippen molar-refractivity contribution in [2.75, 3.05) is 29.5 Å². The molecule has 0 radical (unpaired) electrons. The molecule has 2 aromatic carbocycles. The van der Waals surface area contributed by atoms with E-state index < -0.39 is 0 Å². The number of likely N-dealkylation sites (tertiary alicyclic amines) is 1. The fourth-order valence-electron chi connectivity index (χ4n) is 5.13. The van der Waals surface area contributed by atoms with E-state index in [-0.39, 0.29) is 18.0 Å². The van der Waals surface area contributed by atoms with Gasteiger partial charge < -0.3 is 21.3 Å². The molecule has 0 saturated carbocycles. The number of nitrogens with two attached hydrogens (primary N) is 1. The SMILES string of the molecule is CCCN[C@H]1CCc2nc(NC(=O)c3cccc([C@H]4CCCN4C(=O)Nc4ccc(N)cc4)c3)sc2C1. The normalized spacial score (nSPS) is 18.9. The maximum atomic E-state index is 13.1. The van der Waals surface area contributed by atoms with E-state index in [0.717, 1.165) is 56.3 Å². The quantitative estimate of drug-likeness (QED) is 0.321. The number of benzene rings is 2. The number of amides is 3. The first kappa shape index (κ1) is 25.2. The third kappa shape index (κ3) is 5.94. The third-order valence-corrected chi connectivity index (χ3v) is 8.09. The van der Waals surface area contributed by atoms with Gasteiger partial charge in [0.25, 0.3) is 5.91 Å². The topological polar surface area (TPSA) is 112 Å². The van der Waals surface area contributed by atoms with E-state index in [2.05, 4.69) is 22.9 Å². The number of urea groups is 1. The number of aromatic nitrogens is 1. The predicted molar refractivity (Wildman–Crippen MR) is 149 cm³/mol. The summed E-state index contributed by atoms with van der Waals surface area (Å²) in [7, 11) is 0. The Morgan fingerprint density at radius 3 is 2.78 bits per heavy atom. The highest BCUT2D eigenvalue weighted by molar-refractivity contribution is 7.15. The van der Waals surface area contributed by atoms with E-state index in [1.54, 1.807) is 35.6 Å². The van der Waals surface area contributed by atoms with Crippen LogP contribution in [0.2, 0.25) is 0 Å². The van der Waals surface area contributed by atoms with Crippen molar-refractivity contribution in [3.63, 3.8) is 0 Å². The van der Waals surface area contributed by atoms with Crippen LogP contribution in [0.15, 0.2) is 48.5 Å². The van der Waals surface area contributed by atoms with E-state index in [1.807, 2.05) is 29.2 Å². The van der Waals surface area contributed by atoms with Gasteiger partial charge in [-0.1, -0.05) is 19.1 Å². The van der Waals surface area contributed by atoms with Crippen LogP contribution >= 0.6 is 11.3 Å². The van der Waals surface area contributed by atoms with Gasteiger partial charge in [0.1, 0.15) is 0 Å². The molecule has 8 nitrogen and oxygen atoms in total. The lowest BCUT2D eigenvalue weighted by Crippen LogP contribution is -2.34. The number of rotatable bonds is 7. The Balaban J connectivity index is 1.24. The number of fused-ring (bicyclic) bond motifs is 1. The van der Waals surface area contributed by atoms with Crippen molar-refractivity contribution < 1.29 is 9.59 Å². The fourth-order valence-corrected chi connectivity index (χ4v) is 6.21. The Labute approximate surface area is 221 Å². The Morgan fingerprint density at radius 1 is 1.14 bits per heavy atom. The number of nitrogens with one attached hydrogen (secondary N) is 3. The van der Waals surface area contributed by atoms with Gasteiger partial charge in [-0.3, -0.25) is 10.1 Å². The van der Waals surface area contributed by atoms with Crippen LogP contribution in [-0.2, 0) is 12.8 Å². The number of nitrogen functional groups attached to an aromatic ring is 1. The lowest BCUT2D eigenvalue weighted by Gasteiger charge is -2.25. The van der Waals surface area contributed by atoms with Gasteiger partial charge in [0.15, 0.2) is 5.13 Å². The molecular formula is C28H34N6O2S. The van der Waals surface area contributed by atoms with E-state index in [0.29, 0.717) is 34.7 Å². The average molecular weight is 519 g/mol. The van der Waals surface area contributed by atoms with Gasteiger partial charge in [-0.15, -0.1) is 11.3 Å². The molecule has 5 rings (SSSR count). The zero-order chi connectivity index (χ0) is 25.8. The number of carbonyl (C=O) groups excluding carboxylic acids is 2. The third-order valence-electron chi connectivity index (χ3n) is 7.05. The molecule has 194 valence electrons. The molecule has 1 aromatic heterocycles. The van der Waals surface area contributed by atoms with Gasteiger partial charge in [0.2, 0.25) is 0 Å². The van der Waals surface area contributed by atoms with Crippen LogP contribution in [-0.4, -0.2) is 41.0 Å². The second-order valence-electron chi connectivity index (χ2n) is 9.77. The predicted octanol–water partition coefficient (Wildman–Crippen LogP) is 5.20. The lowest BCUT2D eigenvalue weighted by atomic mass is 9.98. The van der Waals surface area contributed by atoms with E-state index in [9.17, 15) is 9.59 Å². The largest absolute Gasteiger partial charge is 0.399 e. The Kier molecular flexibility index (Phi) is 7.71. The minimum atomic E-state index is -0.176. The minimum absolute atomic E-state index is 0.0822. The zero-order valence-electron chi connectivity index (χ0n) is 21.1. The maximum absolute atomic E-state index is 13.1. The van der Waals surface area contributed by atoms with Crippen LogP contribution in [0, 0.1) is 0 Å². The van der Waals surface area contributed by atoms with Gasteiger partial charge in [0.05, 0.1) is 11.7 Å². The highest BCUT2D eigenvalue weighted by atomic mass is 32.1. The van der Waals surface area contributed by atoms with Crippen LogP contribution in [0.5, 0.6) is 0 Å². The molecule has 1 fully saturated rings. The Bertz CT molecular complexity index is 1260. The number of anilines is 3. The van der Waals surface area contributed by atoms with Gasteiger partial charge in [-0.2, -0.15) is 0 Å². The standard InChI is InChI=1S/C28H34N6O2S/c1-2-14-30-22-12-13-23-25(17-22)37-27(32-23)33-26(35)19-6-3-5-18(16-19)24-7-4-15-34(24)28(36)31-21-10-8-20(29)9-11-21/h3,5-6,8-11,16,22,24,30H,2,4,7,12-15,17,29H2,1H3,(H,31,36)(H,32,33,35)/t22-,24+/m0/s1. The molecule has 3 amide bonds. The van der Waals surface area contributed by atoms with Crippen molar-refractivity contribution in [1.82, 2.24) is 15.2 Å². The van der Waals surface area contributed by atoms with Crippen molar-refractivity contribution in [3.8, 4) is 0 Å². The molecule has 1 aliphatic heterocycles. The monoisotopic (exact) mass is 518 g/mol. The molecule has 3 aromatic rings. The van der Waals surface area contributed by atoms with Gasteiger partial charge in [-0.05, 0) is 87.0 Å². The second kappa shape index (κ2) is 11.3. The van der Waals surface area contributed by atoms with Crippen LogP contribution in [0.3, 0.4) is 0 Å². The summed E-state index contributed by atoms with van der Waals surface area (Å²) in [5.41, 5.74) is 9.74. The van der Waals surface area contributed by atoms with Crippen molar-refractivity contribution in [1.29, 1.82) is 0 Å².